The molecule has 0 unspecified atom stereocenters. The zero-order valence-electron chi connectivity index (χ0n) is 16.0. The monoisotopic (exact) mass is 377 g/mol. The van der Waals surface area contributed by atoms with Gasteiger partial charge in [-0.05, 0) is 52.2 Å². The normalized spacial score (nSPS) is 19.0. The number of carbonyl (C=O) groups is 3. The Morgan fingerprint density at radius 2 is 1.96 bits per heavy atom. The number of aliphatic hydroxyl groups excluding tert-OH is 1. The fraction of sp³-hybridized carbons (Fsp3) is 0.526. The lowest BCUT2D eigenvalue weighted by Crippen LogP contribution is -2.56. The third kappa shape index (κ3) is 5.96. The number of benzene rings is 1. The third-order valence-corrected chi connectivity index (χ3v) is 4.05. The molecule has 0 bridgehead atoms. The SMILES string of the molecule is C[C@H](O)[C@H](NC(=O)OC(C)(C)C)C(=O)N[C@H]1CCc2ccccc2NC1=O. The number of aliphatic hydroxyl groups is 1. The maximum atomic E-state index is 12.6. The van der Waals surface area contributed by atoms with Gasteiger partial charge >= 0.3 is 6.09 Å². The first-order valence-corrected chi connectivity index (χ1v) is 8.93. The van der Waals surface area contributed by atoms with E-state index in [1.807, 2.05) is 18.2 Å². The Morgan fingerprint density at radius 3 is 2.59 bits per heavy atom. The van der Waals surface area contributed by atoms with Crippen LogP contribution in [-0.2, 0) is 20.7 Å². The molecule has 2 rings (SSSR count). The Balaban J connectivity index is 2.02. The number of hydrogen-bond donors (Lipinski definition) is 4. The lowest BCUT2D eigenvalue weighted by Gasteiger charge is -2.26. The number of carbonyl (C=O) groups excluding carboxylic acids is 3. The highest BCUT2D eigenvalue weighted by Gasteiger charge is 2.32. The summed E-state index contributed by atoms with van der Waals surface area (Å²) >= 11 is 0. The van der Waals surface area contributed by atoms with Gasteiger partial charge in [0, 0.05) is 5.69 Å². The van der Waals surface area contributed by atoms with Gasteiger partial charge in [-0.2, -0.15) is 0 Å². The van der Waals surface area contributed by atoms with E-state index in [4.69, 9.17) is 4.74 Å². The van der Waals surface area contributed by atoms with Gasteiger partial charge in [-0.15, -0.1) is 0 Å². The van der Waals surface area contributed by atoms with Crippen LogP contribution >= 0.6 is 0 Å². The summed E-state index contributed by atoms with van der Waals surface area (Å²) in [6.45, 7) is 6.46. The molecule has 3 amide bonds. The number of nitrogens with one attached hydrogen (secondary N) is 3. The maximum Gasteiger partial charge on any atom is 0.408 e. The van der Waals surface area contributed by atoms with Crippen molar-refractivity contribution in [1.29, 1.82) is 0 Å². The highest BCUT2D eigenvalue weighted by Crippen LogP contribution is 2.21. The molecule has 1 aliphatic heterocycles. The van der Waals surface area contributed by atoms with E-state index in [0.717, 1.165) is 11.3 Å². The quantitative estimate of drug-likeness (QED) is 0.632. The number of ether oxygens (including phenoxy) is 1. The number of aryl methyl sites for hydroxylation is 1. The molecule has 0 aliphatic carbocycles. The van der Waals surface area contributed by atoms with E-state index in [-0.39, 0.29) is 5.91 Å². The number of amides is 3. The lowest BCUT2D eigenvalue weighted by molar-refractivity contribution is -0.129. The first-order valence-electron chi connectivity index (χ1n) is 8.93. The third-order valence-electron chi connectivity index (χ3n) is 4.05. The fourth-order valence-corrected chi connectivity index (χ4v) is 2.75. The zero-order chi connectivity index (χ0) is 20.2. The average molecular weight is 377 g/mol. The molecular weight excluding hydrogens is 350 g/mol. The lowest BCUT2D eigenvalue weighted by atomic mass is 10.1. The van der Waals surface area contributed by atoms with Crippen LogP contribution in [0.15, 0.2) is 24.3 Å². The van der Waals surface area contributed by atoms with Crippen molar-refractivity contribution in [1.82, 2.24) is 10.6 Å². The molecule has 1 aromatic carbocycles. The molecule has 148 valence electrons. The van der Waals surface area contributed by atoms with Crippen LogP contribution in [0.4, 0.5) is 10.5 Å². The van der Waals surface area contributed by atoms with Crippen LogP contribution in [-0.4, -0.2) is 46.8 Å². The Labute approximate surface area is 158 Å². The molecule has 8 nitrogen and oxygen atoms in total. The van der Waals surface area contributed by atoms with Gasteiger partial charge in [0.25, 0.3) is 0 Å². The first-order chi connectivity index (χ1) is 12.6. The largest absolute Gasteiger partial charge is 0.444 e. The van der Waals surface area contributed by atoms with Gasteiger partial charge in [-0.1, -0.05) is 18.2 Å². The molecule has 4 N–H and O–H groups in total. The molecule has 1 aliphatic rings. The van der Waals surface area contributed by atoms with E-state index in [2.05, 4.69) is 16.0 Å². The molecule has 8 heteroatoms. The zero-order valence-corrected chi connectivity index (χ0v) is 16.0. The van der Waals surface area contributed by atoms with E-state index < -0.39 is 35.8 Å². The molecule has 0 spiro atoms. The van der Waals surface area contributed by atoms with Gasteiger partial charge in [0.2, 0.25) is 11.8 Å². The van der Waals surface area contributed by atoms with Crippen molar-refractivity contribution in [2.75, 3.05) is 5.32 Å². The van der Waals surface area contributed by atoms with E-state index in [9.17, 15) is 19.5 Å². The second-order valence-corrected chi connectivity index (χ2v) is 7.61. The standard InChI is InChI=1S/C19H27N3O5/c1-11(23)15(22-18(26)27-19(2,3)4)17(25)21-14-10-9-12-7-5-6-8-13(12)20-16(14)24/h5-8,11,14-15,23H,9-10H2,1-4H3,(H,20,24)(H,21,25)(H,22,26)/t11-,14-,15-/m0/s1. The number of para-hydroxylation sites is 1. The van der Waals surface area contributed by atoms with Crippen LogP contribution in [0, 0.1) is 0 Å². The number of hydrogen-bond acceptors (Lipinski definition) is 5. The number of anilines is 1. The summed E-state index contributed by atoms with van der Waals surface area (Å²) in [4.78, 5) is 36.9. The molecule has 27 heavy (non-hydrogen) atoms. The van der Waals surface area contributed by atoms with Crippen molar-refractivity contribution in [3.8, 4) is 0 Å². The Morgan fingerprint density at radius 1 is 1.30 bits per heavy atom. The van der Waals surface area contributed by atoms with E-state index in [1.165, 1.54) is 6.92 Å². The van der Waals surface area contributed by atoms with Gasteiger partial charge < -0.3 is 25.8 Å². The minimum absolute atomic E-state index is 0.338. The molecule has 0 radical (unpaired) electrons. The van der Waals surface area contributed by atoms with Crippen molar-refractivity contribution >= 4 is 23.6 Å². The molecule has 0 saturated carbocycles. The van der Waals surface area contributed by atoms with Crippen molar-refractivity contribution in [2.45, 2.75) is 64.3 Å². The summed E-state index contributed by atoms with van der Waals surface area (Å²) in [6.07, 6.45) is -0.962. The maximum absolute atomic E-state index is 12.6. The van der Waals surface area contributed by atoms with E-state index in [1.54, 1.807) is 26.8 Å². The van der Waals surface area contributed by atoms with Crippen LogP contribution in [0.1, 0.15) is 39.7 Å². The Kier molecular flexibility index (Phi) is 6.43. The summed E-state index contributed by atoms with van der Waals surface area (Å²) < 4.78 is 5.12. The van der Waals surface area contributed by atoms with Crippen LogP contribution in [0.5, 0.6) is 0 Å². The highest BCUT2D eigenvalue weighted by atomic mass is 16.6. The van der Waals surface area contributed by atoms with Gasteiger partial charge in [0.15, 0.2) is 0 Å². The summed E-state index contributed by atoms with van der Waals surface area (Å²) in [7, 11) is 0. The summed E-state index contributed by atoms with van der Waals surface area (Å²) in [6, 6.07) is 5.43. The number of rotatable bonds is 4. The van der Waals surface area contributed by atoms with Crippen molar-refractivity contribution in [3.05, 3.63) is 29.8 Å². The fourth-order valence-electron chi connectivity index (χ4n) is 2.75. The topological polar surface area (TPSA) is 117 Å². The second kappa shape index (κ2) is 8.39. The van der Waals surface area contributed by atoms with Crippen LogP contribution in [0.2, 0.25) is 0 Å². The second-order valence-electron chi connectivity index (χ2n) is 7.61. The van der Waals surface area contributed by atoms with Crippen LogP contribution in [0.3, 0.4) is 0 Å². The minimum Gasteiger partial charge on any atom is -0.444 e. The van der Waals surface area contributed by atoms with Gasteiger partial charge in [-0.25, -0.2) is 4.79 Å². The molecular formula is C19H27N3O5. The van der Waals surface area contributed by atoms with Crippen molar-refractivity contribution in [2.24, 2.45) is 0 Å². The minimum atomic E-state index is -1.24. The molecule has 0 saturated heterocycles. The van der Waals surface area contributed by atoms with Gasteiger partial charge in [-0.3, -0.25) is 9.59 Å². The van der Waals surface area contributed by atoms with Crippen LogP contribution in [0.25, 0.3) is 0 Å². The molecule has 1 heterocycles. The Hall–Kier alpha value is -2.61. The number of alkyl carbamates (subject to hydrolysis) is 1. The first kappa shape index (κ1) is 20.7. The van der Waals surface area contributed by atoms with Crippen molar-refractivity contribution < 1.29 is 24.2 Å². The molecule has 3 atom stereocenters. The van der Waals surface area contributed by atoms with Gasteiger partial charge in [0.1, 0.15) is 17.7 Å². The molecule has 0 fully saturated rings. The molecule has 1 aromatic rings. The van der Waals surface area contributed by atoms with Crippen LogP contribution < -0.4 is 16.0 Å². The average Bonchev–Trinajstić information content (AvgIpc) is 2.70. The molecule has 0 aromatic heterocycles. The summed E-state index contributed by atoms with van der Waals surface area (Å²) in [5.74, 6) is -0.989. The summed E-state index contributed by atoms with van der Waals surface area (Å²) in [5, 5.41) is 17.6. The smallest absolute Gasteiger partial charge is 0.408 e. The summed E-state index contributed by atoms with van der Waals surface area (Å²) in [5.41, 5.74) is 0.969. The van der Waals surface area contributed by atoms with Crippen molar-refractivity contribution in [3.63, 3.8) is 0 Å². The predicted molar refractivity (Wildman–Crippen MR) is 100 cm³/mol. The highest BCUT2D eigenvalue weighted by molar-refractivity contribution is 5.99. The Bertz CT molecular complexity index is 712. The number of fused-ring (bicyclic) bond motifs is 1. The van der Waals surface area contributed by atoms with E-state index in [0.29, 0.717) is 12.8 Å². The van der Waals surface area contributed by atoms with E-state index >= 15 is 0 Å². The predicted octanol–water partition coefficient (Wildman–Crippen LogP) is 1.33. The van der Waals surface area contributed by atoms with Gasteiger partial charge in [0.05, 0.1) is 6.10 Å².